The van der Waals surface area contributed by atoms with Crippen LogP contribution >= 0.6 is 0 Å². The van der Waals surface area contributed by atoms with E-state index >= 15 is 0 Å². The minimum atomic E-state index is -0.642. The van der Waals surface area contributed by atoms with Gasteiger partial charge in [0.05, 0.1) is 53.7 Å². The Hall–Kier alpha value is -6.83. The Morgan fingerprint density at radius 1 is 0.948 bits per heavy atom. The summed E-state index contributed by atoms with van der Waals surface area (Å²) in [5.74, 6) is -2.08. The van der Waals surface area contributed by atoms with E-state index in [0.717, 1.165) is 0 Å². The van der Waals surface area contributed by atoms with E-state index in [9.17, 15) is 33.6 Å². The first-order valence-corrected chi connectivity index (χ1v) is 18.6. The number of nitriles is 1. The van der Waals surface area contributed by atoms with Gasteiger partial charge < -0.3 is 25.2 Å². The molecule has 2 aromatic heterocycles. The number of carbonyl (C=O) groups is 4. The topological polar surface area (TPSA) is 194 Å². The third-order valence-corrected chi connectivity index (χ3v) is 9.62. The largest absolute Gasteiger partial charge is 0.378 e. The maximum absolute atomic E-state index is 14.9. The van der Waals surface area contributed by atoms with E-state index in [4.69, 9.17) is 4.74 Å². The highest BCUT2D eigenvalue weighted by Crippen LogP contribution is 2.25. The number of halogens is 1. The number of nitrogens with zero attached hydrogens (tertiary/aromatic N) is 6. The molecule has 0 bridgehead atoms. The molecule has 3 aromatic carbocycles. The Kier molecular flexibility index (Phi) is 13.3. The van der Waals surface area contributed by atoms with Gasteiger partial charge in [0.15, 0.2) is 5.69 Å². The molecule has 15 nitrogen and oxygen atoms in total. The standard InChI is InChI=1S/C42H42FN9O6/c1-27(53)47-37-23-31(30-7-5-6-29(20-30)24-44)25-46-39(37)41(56)45-12-18-58-19-17-50(2)26-38(54)51-13-15-52(16-14-51)42(57)34-21-28(10-11-35(34)43)22-36-32-8-3-4-9-33(32)40(55)49-48-36/h3-11,20-21,23,25H,12-19,22,26H2,1-2H3,(H,45,56)(H,47,53)(H,49,55). The molecule has 3 heterocycles. The lowest BCUT2D eigenvalue weighted by molar-refractivity contribution is -0.133. The summed E-state index contributed by atoms with van der Waals surface area (Å²) in [5.41, 5.74) is 2.98. The number of hydrogen-bond donors (Lipinski definition) is 3. The molecular formula is C42H42FN9O6. The van der Waals surface area contributed by atoms with Crippen molar-refractivity contribution < 1.29 is 28.3 Å². The van der Waals surface area contributed by atoms with Crippen LogP contribution in [0.25, 0.3) is 21.9 Å². The molecule has 0 saturated carbocycles. The van der Waals surface area contributed by atoms with E-state index in [1.165, 1.54) is 25.3 Å². The van der Waals surface area contributed by atoms with Crippen LogP contribution in [0.2, 0.25) is 0 Å². The number of pyridine rings is 1. The van der Waals surface area contributed by atoms with E-state index in [1.807, 2.05) is 11.0 Å². The molecule has 5 aromatic rings. The Bertz CT molecular complexity index is 2440. The van der Waals surface area contributed by atoms with Gasteiger partial charge in [0.2, 0.25) is 11.8 Å². The monoisotopic (exact) mass is 787 g/mol. The zero-order valence-electron chi connectivity index (χ0n) is 32.1. The Balaban J connectivity index is 0.917. The summed E-state index contributed by atoms with van der Waals surface area (Å²) in [4.78, 5) is 72.8. The van der Waals surface area contributed by atoms with E-state index in [2.05, 4.69) is 31.9 Å². The molecule has 1 aliphatic rings. The highest BCUT2D eigenvalue weighted by Gasteiger charge is 2.27. The number of nitrogens with one attached hydrogen (secondary N) is 3. The molecule has 1 fully saturated rings. The van der Waals surface area contributed by atoms with Crippen LogP contribution in [0.4, 0.5) is 10.1 Å². The van der Waals surface area contributed by atoms with Gasteiger partial charge >= 0.3 is 0 Å². The minimum Gasteiger partial charge on any atom is -0.378 e. The van der Waals surface area contributed by atoms with E-state index < -0.39 is 17.6 Å². The Labute approximate surface area is 333 Å². The molecule has 4 amide bonds. The zero-order valence-corrected chi connectivity index (χ0v) is 32.1. The normalized spacial score (nSPS) is 12.7. The maximum atomic E-state index is 14.9. The molecule has 0 atom stereocenters. The fourth-order valence-corrected chi connectivity index (χ4v) is 6.58. The van der Waals surface area contributed by atoms with E-state index in [0.29, 0.717) is 65.0 Å². The molecule has 298 valence electrons. The molecule has 0 aliphatic carbocycles. The lowest BCUT2D eigenvalue weighted by Gasteiger charge is -2.35. The number of piperazine rings is 1. The summed E-state index contributed by atoms with van der Waals surface area (Å²) in [6.07, 6.45) is 1.79. The van der Waals surface area contributed by atoms with Crippen LogP contribution in [0.3, 0.4) is 0 Å². The highest BCUT2D eigenvalue weighted by molar-refractivity contribution is 6.02. The van der Waals surface area contributed by atoms with Crippen LogP contribution < -0.4 is 16.2 Å². The van der Waals surface area contributed by atoms with Crippen molar-refractivity contribution in [1.82, 2.24) is 35.2 Å². The summed E-state index contributed by atoms with van der Waals surface area (Å²) < 4.78 is 20.6. The van der Waals surface area contributed by atoms with Crippen molar-refractivity contribution in [3.63, 3.8) is 0 Å². The van der Waals surface area contributed by atoms with Gasteiger partial charge in [0, 0.05) is 69.8 Å². The predicted octanol–water partition coefficient (Wildman–Crippen LogP) is 3.21. The average molecular weight is 788 g/mol. The molecule has 1 saturated heterocycles. The molecule has 6 rings (SSSR count). The van der Waals surface area contributed by atoms with Gasteiger partial charge in [-0.3, -0.25) is 28.9 Å². The molecule has 0 radical (unpaired) electrons. The minimum absolute atomic E-state index is 0.0334. The van der Waals surface area contributed by atoms with Gasteiger partial charge in [-0.05, 0) is 54.6 Å². The second-order valence-electron chi connectivity index (χ2n) is 13.8. The predicted molar refractivity (Wildman–Crippen MR) is 213 cm³/mol. The summed E-state index contributed by atoms with van der Waals surface area (Å²) in [5, 5.41) is 22.5. The van der Waals surface area contributed by atoms with Gasteiger partial charge in [-0.15, -0.1) is 0 Å². The van der Waals surface area contributed by atoms with Crippen LogP contribution in [0.5, 0.6) is 0 Å². The third-order valence-electron chi connectivity index (χ3n) is 9.62. The zero-order chi connectivity index (χ0) is 41.2. The maximum Gasteiger partial charge on any atom is 0.272 e. The summed E-state index contributed by atoms with van der Waals surface area (Å²) in [6.45, 7) is 3.69. The number of benzene rings is 3. The molecule has 16 heteroatoms. The van der Waals surface area contributed by atoms with Crippen molar-refractivity contribution in [2.45, 2.75) is 13.3 Å². The van der Waals surface area contributed by atoms with Crippen molar-refractivity contribution in [3.8, 4) is 17.2 Å². The number of ether oxygens (including phenoxy) is 1. The fourth-order valence-electron chi connectivity index (χ4n) is 6.58. The number of aromatic amines is 1. The first-order valence-electron chi connectivity index (χ1n) is 18.6. The fraction of sp³-hybridized carbons (Fsp3) is 0.286. The number of fused-ring (bicyclic) bond motifs is 1. The molecule has 0 spiro atoms. The third kappa shape index (κ3) is 10.1. The number of hydrogen-bond acceptors (Lipinski definition) is 10. The summed E-state index contributed by atoms with van der Waals surface area (Å²) in [6, 6.07) is 22.1. The van der Waals surface area contributed by atoms with Gasteiger partial charge in [0.25, 0.3) is 17.4 Å². The van der Waals surface area contributed by atoms with Crippen molar-refractivity contribution in [2.75, 3.05) is 71.4 Å². The van der Waals surface area contributed by atoms with Crippen molar-refractivity contribution in [1.29, 1.82) is 5.26 Å². The van der Waals surface area contributed by atoms with Gasteiger partial charge in [-0.25, -0.2) is 14.5 Å². The van der Waals surface area contributed by atoms with Crippen LogP contribution in [0, 0.1) is 17.1 Å². The van der Waals surface area contributed by atoms with Gasteiger partial charge in [0.1, 0.15) is 5.82 Å². The second-order valence-corrected chi connectivity index (χ2v) is 13.8. The van der Waals surface area contributed by atoms with Crippen LogP contribution in [-0.2, 0) is 20.7 Å². The lowest BCUT2D eigenvalue weighted by Crippen LogP contribution is -2.52. The number of carbonyl (C=O) groups excluding carboxylic acids is 4. The van der Waals surface area contributed by atoms with Crippen molar-refractivity contribution in [2.24, 2.45) is 0 Å². The number of anilines is 1. The smallest absolute Gasteiger partial charge is 0.272 e. The number of likely N-dealkylation sites (N-methyl/N-ethyl adjacent to an activating group) is 1. The Morgan fingerprint density at radius 2 is 1.71 bits per heavy atom. The molecular weight excluding hydrogens is 746 g/mol. The van der Waals surface area contributed by atoms with E-state index in [1.54, 1.807) is 71.4 Å². The van der Waals surface area contributed by atoms with Crippen LogP contribution in [-0.4, -0.2) is 120 Å². The molecule has 3 N–H and O–H groups in total. The first kappa shape index (κ1) is 40.8. The van der Waals surface area contributed by atoms with Crippen LogP contribution in [0.15, 0.2) is 83.8 Å². The Morgan fingerprint density at radius 3 is 2.47 bits per heavy atom. The number of rotatable bonds is 14. The van der Waals surface area contributed by atoms with Gasteiger partial charge in [-0.1, -0.05) is 36.4 Å². The SMILES string of the molecule is CC(=O)Nc1cc(-c2cccc(C#N)c2)cnc1C(=O)NCCOCCN(C)CC(=O)N1CCN(C(=O)c2cc(Cc3n[nH]c(=O)c4ccccc34)ccc2F)CC1. The quantitative estimate of drug-likeness (QED) is 0.141. The summed E-state index contributed by atoms with van der Waals surface area (Å²) >= 11 is 0. The lowest BCUT2D eigenvalue weighted by atomic mass is 10.0. The first-order chi connectivity index (χ1) is 28.0. The summed E-state index contributed by atoms with van der Waals surface area (Å²) in [7, 11) is 1.79. The molecule has 1 aliphatic heterocycles. The van der Waals surface area contributed by atoms with Crippen molar-refractivity contribution in [3.05, 3.63) is 123 Å². The van der Waals surface area contributed by atoms with E-state index in [-0.39, 0.29) is 73.5 Å². The van der Waals surface area contributed by atoms with Crippen LogP contribution in [0.1, 0.15) is 44.6 Å². The number of aromatic nitrogens is 3. The number of amides is 4. The molecule has 0 unspecified atom stereocenters. The highest BCUT2D eigenvalue weighted by atomic mass is 19.1. The second kappa shape index (κ2) is 18.9. The number of H-pyrrole nitrogens is 1. The van der Waals surface area contributed by atoms with Gasteiger partial charge in [-0.2, -0.15) is 10.4 Å². The molecule has 58 heavy (non-hydrogen) atoms. The average Bonchev–Trinajstić information content (AvgIpc) is 3.23. The van der Waals surface area contributed by atoms with Crippen molar-refractivity contribution >= 4 is 40.1 Å².